The summed E-state index contributed by atoms with van der Waals surface area (Å²) in [5, 5.41) is 32.1. The average Bonchev–Trinajstić information content (AvgIpc) is 1.60. The molecular weight excluding hydrogens is 1490 g/mol. The molecule has 8 rings (SSSR count). The van der Waals surface area contributed by atoms with Crippen molar-refractivity contribution in [2.45, 2.75) is 355 Å². The van der Waals surface area contributed by atoms with Gasteiger partial charge in [0.1, 0.15) is 25.3 Å². The summed E-state index contributed by atoms with van der Waals surface area (Å²) in [5.41, 5.74) is -2.98. The van der Waals surface area contributed by atoms with Gasteiger partial charge in [0.15, 0.2) is 36.2 Å². The van der Waals surface area contributed by atoms with Crippen LogP contribution in [0, 0.1) is 45.3 Å². The summed E-state index contributed by atoms with van der Waals surface area (Å²) in [5.74, 6) is 1.35. The lowest BCUT2D eigenvalue weighted by atomic mass is 9.55. The second kappa shape index (κ2) is 37.5. The minimum absolute atomic E-state index is 0. The fraction of sp³-hybridized carbons (Fsp3) is 0.703. The van der Waals surface area contributed by atoms with Crippen LogP contribution in [0.5, 0.6) is 0 Å². The van der Waals surface area contributed by atoms with E-state index in [0.717, 1.165) is 132 Å². The Balaban J connectivity index is 0.000000298. The van der Waals surface area contributed by atoms with Crippen molar-refractivity contribution in [1.82, 2.24) is 0 Å². The minimum atomic E-state index is -4.75. The highest BCUT2D eigenvalue weighted by molar-refractivity contribution is 7.78. The van der Waals surface area contributed by atoms with E-state index in [0.29, 0.717) is 79.9 Å². The third-order valence-corrected chi connectivity index (χ3v) is 35.7. The molecule has 2 aromatic rings. The number of Topliss-reactive ketones (excluding diaryl/α,β-unsaturated/α-hetero) is 1. The van der Waals surface area contributed by atoms with Crippen LogP contribution in [0.25, 0.3) is 0 Å². The van der Waals surface area contributed by atoms with Crippen LogP contribution in [0.3, 0.4) is 0 Å². The number of hydrogen-bond donors (Lipinski definition) is 3. The summed E-state index contributed by atoms with van der Waals surface area (Å²) in [6.45, 7) is 49.7. The predicted molar refractivity (Wildman–Crippen MR) is 453 cm³/mol. The van der Waals surface area contributed by atoms with Crippen molar-refractivity contribution in [3.63, 3.8) is 0 Å². The van der Waals surface area contributed by atoms with Gasteiger partial charge in [-0.25, -0.2) is 8.78 Å². The van der Waals surface area contributed by atoms with Crippen molar-refractivity contribution in [3.8, 4) is 0 Å². The Morgan fingerprint density at radius 3 is 1.55 bits per heavy atom. The van der Waals surface area contributed by atoms with Crippen molar-refractivity contribution in [2.75, 3.05) is 6.16 Å². The quantitative estimate of drug-likeness (QED) is 0.0350. The van der Waals surface area contributed by atoms with E-state index in [1.54, 1.807) is 39.6 Å². The SMILES string of the molecule is C.C=C1/C(=C\C=C2/CCC[C@@]3(C)C2CC[C@@H]3[C@@](C)(C/C=C\C(C)(O)C(F)(F)F)CCCC(C)(C)O)C[C@@H](O)C[C@@H]1F.C=C1/C(=C\CP(=O)(c2ccccc2)c2ccccc2)C[C@@H](O[Si](C)(C)C(C)(C)C)C[C@@H]1F.CC(C)(CCC[C@](C)(C/C=C\C(C)(O[Si](C)(C)C)C(F)(F)F)[C@H]1CCC2C(=O)CCC[C@@]21C)O[Si](C)(C)C. The van der Waals surface area contributed by atoms with E-state index < -0.39 is 79.7 Å². The van der Waals surface area contributed by atoms with E-state index in [9.17, 15) is 59.8 Å². The van der Waals surface area contributed by atoms with E-state index in [4.69, 9.17) is 13.3 Å². The molecule has 6 fully saturated rings. The number of rotatable bonds is 27. The molecule has 6 aliphatic rings. The molecule has 2 aromatic carbocycles. The first-order valence-electron chi connectivity index (χ1n) is 40.8. The number of carbonyl (C=O) groups is 1. The maximum atomic E-state index is 14.9. The van der Waals surface area contributed by atoms with Crippen molar-refractivity contribution in [3.05, 3.63) is 144 Å². The van der Waals surface area contributed by atoms with Gasteiger partial charge in [0.25, 0.3) is 0 Å². The first-order valence-corrected chi connectivity index (χ1v) is 52.5. The molecule has 111 heavy (non-hydrogen) atoms. The molecule has 0 amide bonds. The second-order valence-electron chi connectivity index (χ2n) is 39.8. The molecule has 6 saturated carbocycles. The molecule has 20 heteroatoms. The number of ketones is 1. The Hall–Kier alpha value is -3.63. The fourth-order valence-electron chi connectivity index (χ4n) is 19.3. The van der Waals surface area contributed by atoms with Gasteiger partial charge in [0.05, 0.1) is 23.4 Å². The zero-order valence-electron chi connectivity index (χ0n) is 71.0. The number of hydrogen-bond acceptors (Lipinski definition) is 8. The number of carbonyl (C=O) groups excluding carboxylic acids is 1. The van der Waals surface area contributed by atoms with Crippen LogP contribution in [0.15, 0.2) is 144 Å². The molecule has 8 nitrogen and oxygen atoms in total. The first-order chi connectivity index (χ1) is 50.2. The van der Waals surface area contributed by atoms with Crippen LogP contribution < -0.4 is 10.6 Å². The number of alkyl halides is 8. The highest BCUT2D eigenvalue weighted by Crippen LogP contribution is 2.65. The fourth-order valence-corrected chi connectivity index (χ4v) is 26.4. The standard InChI is InChI=1S/C33H50F4O3.C30H55F3O3Si2.C27H36FO2PSi.CH4/c1-22-24(20-25(38)21-27(22)34)12-11-23-10-7-18-31(5)26(23)13-14-28(31)30(4,16-8-15-29(2,3)39)17-9-19-32(6,40)33(35,36)37;1-26(2,35-37(6,7)8)18-13-19-27(3,25-17-16-23-24(34)15-12-21-28(23,25)4)20-14-22-29(5,30(31,32)33)36-38(9,10)11;1-21-22(19-23(20-26(21)28)30-32(5,6)27(2,3)4)17-18-31(29,24-13-9-7-10-14-24)25-15-11-8-12-16-25;/h9,11-12,19,25-28,38-40H,1,7-8,10,13-18,20-21H2,2-6H3;14,22-23,25H,12-13,15-21H2,1-11H3;7-17,23,26H,1,18-20H2,2-6H3;1H4/b19-9-,23-11+,24-12-;22-14-;22-17-;/t25-,26?,27+,28-,30-,31+,32?;23?,25-,27-,28+,29?;23-,26+;/m111./s1. The third-order valence-electron chi connectivity index (χ3n) is 26.0. The highest BCUT2D eigenvalue weighted by atomic mass is 31.2. The minimum Gasteiger partial charge on any atom is -0.413 e. The Morgan fingerprint density at radius 2 is 1.06 bits per heavy atom. The average molecular weight is 1630 g/mol. The van der Waals surface area contributed by atoms with E-state index in [2.05, 4.69) is 114 Å². The predicted octanol–water partition coefficient (Wildman–Crippen LogP) is 25.7. The number of aliphatic hydroxyl groups is 3. The van der Waals surface area contributed by atoms with Crippen LogP contribution in [0.2, 0.25) is 57.4 Å². The van der Waals surface area contributed by atoms with E-state index in [1.807, 2.05) is 72.8 Å². The Morgan fingerprint density at radius 1 is 0.595 bits per heavy atom. The molecule has 0 radical (unpaired) electrons. The number of aliphatic hydroxyl groups excluding tert-OH is 1. The largest absolute Gasteiger partial charge is 0.420 e. The third kappa shape index (κ3) is 25.9. The zero-order valence-corrected chi connectivity index (χ0v) is 74.9. The summed E-state index contributed by atoms with van der Waals surface area (Å²) in [7, 11) is -9.06. The molecule has 0 aromatic heterocycles. The van der Waals surface area contributed by atoms with Gasteiger partial charge < -0.3 is 33.2 Å². The van der Waals surface area contributed by atoms with Crippen molar-refractivity contribution >= 4 is 48.5 Å². The monoisotopic (exact) mass is 1630 g/mol. The van der Waals surface area contributed by atoms with E-state index in [1.165, 1.54) is 17.7 Å². The highest BCUT2D eigenvalue weighted by Gasteiger charge is 2.59. The van der Waals surface area contributed by atoms with E-state index >= 15 is 0 Å². The van der Waals surface area contributed by atoms with Crippen molar-refractivity contribution in [1.29, 1.82) is 0 Å². The Kier molecular flexibility index (Phi) is 33.1. The number of halogens is 8. The van der Waals surface area contributed by atoms with Gasteiger partial charge in [0, 0.05) is 42.0 Å². The number of fused-ring (bicyclic) bond motifs is 2. The lowest BCUT2D eigenvalue weighted by Gasteiger charge is -2.49. The molecule has 6 aliphatic carbocycles. The smallest absolute Gasteiger partial charge is 0.413 e. The van der Waals surface area contributed by atoms with Crippen LogP contribution >= 0.6 is 7.14 Å². The zero-order chi connectivity index (χ0) is 83.1. The topological polar surface area (TPSA) is 123 Å². The molecule has 0 spiro atoms. The molecule has 0 heterocycles. The van der Waals surface area contributed by atoms with Gasteiger partial charge in [-0.3, -0.25) is 4.79 Å². The summed E-state index contributed by atoms with van der Waals surface area (Å²) in [4.78, 5) is 12.9. The lowest BCUT2D eigenvalue weighted by Crippen LogP contribution is -2.49. The van der Waals surface area contributed by atoms with Crippen molar-refractivity contribution in [2.24, 2.45) is 45.3 Å². The first kappa shape index (κ1) is 97.9. The molecule has 4 unspecified atom stereocenters. The van der Waals surface area contributed by atoms with Gasteiger partial charge in [-0.2, -0.15) is 26.3 Å². The van der Waals surface area contributed by atoms with Crippen LogP contribution in [-0.4, -0.2) is 112 Å². The molecule has 630 valence electrons. The molecule has 0 aliphatic heterocycles. The Labute approximate surface area is 668 Å². The van der Waals surface area contributed by atoms with E-state index in [-0.39, 0.29) is 64.1 Å². The molecule has 14 atom stereocenters. The van der Waals surface area contributed by atoms with Crippen LogP contribution in [-0.2, 0) is 22.6 Å². The van der Waals surface area contributed by atoms with Crippen molar-refractivity contribution < 1.29 is 73.1 Å². The summed E-state index contributed by atoms with van der Waals surface area (Å²) in [6, 6.07) is 19.2. The summed E-state index contributed by atoms with van der Waals surface area (Å²) < 4.78 is 145. The summed E-state index contributed by atoms with van der Waals surface area (Å²) >= 11 is 0. The second-order valence-corrected chi connectivity index (χ2v) is 56.3. The van der Waals surface area contributed by atoms with Gasteiger partial charge in [-0.05, 0) is 282 Å². The van der Waals surface area contributed by atoms with Gasteiger partial charge in [-0.1, -0.05) is 179 Å². The normalized spacial score (nSPS) is 28.8. The van der Waals surface area contributed by atoms with Crippen LogP contribution in [0.4, 0.5) is 35.1 Å². The maximum Gasteiger partial charge on any atom is 0.420 e. The summed E-state index contributed by atoms with van der Waals surface area (Å²) in [6.07, 6.45) is 16.0. The van der Waals surface area contributed by atoms with Gasteiger partial charge in [-0.15, -0.1) is 0 Å². The Bertz CT molecular complexity index is 3570. The molecule has 0 bridgehead atoms. The molecular formula is C91H145F8O8PSi3. The lowest BCUT2D eigenvalue weighted by molar-refractivity contribution is -0.232. The number of allylic oxidation sites excluding steroid dienone is 8. The van der Waals surface area contributed by atoms with Crippen LogP contribution in [0.1, 0.15) is 239 Å². The molecule has 3 N–H and O–H groups in total. The number of benzene rings is 2. The van der Waals surface area contributed by atoms with Gasteiger partial charge >= 0.3 is 12.4 Å². The van der Waals surface area contributed by atoms with Gasteiger partial charge in [0.2, 0.25) is 0 Å². The maximum absolute atomic E-state index is 14.9. The molecule has 0 saturated heterocycles.